The highest BCUT2D eigenvalue weighted by Crippen LogP contribution is 2.51. The smallest absolute Gasteiger partial charge is 0.410 e. The summed E-state index contributed by atoms with van der Waals surface area (Å²) in [6, 6.07) is 12.0. The van der Waals surface area contributed by atoms with Gasteiger partial charge in [0.2, 0.25) is 0 Å². The van der Waals surface area contributed by atoms with E-state index in [1.54, 1.807) is 15.9 Å². The zero-order valence-electron chi connectivity index (χ0n) is 25.5. The van der Waals surface area contributed by atoms with E-state index in [-0.39, 0.29) is 36.2 Å². The maximum atomic E-state index is 17.3. The second-order valence-electron chi connectivity index (χ2n) is 12.5. The molecule has 0 radical (unpaired) electrons. The van der Waals surface area contributed by atoms with Crippen LogP contribution in [-0.2, 0) is 11.2 Å². The molecule has 2 aromatic carbocycles. The highest BCUT2D eigenvalue weighted by molar-refractivity contribution is 6.34. The van der Waals surface area contributed by atoms with E-state index in [0.717, 1.165) is 48.0 Å². The third-order valence-electron chi connectivity index (χ3n) is 10.1. The average Bonchev–Trinajstić information content (AvgIpc) is 3.89. The van der Waals surface area contributed by atoms with Crippen LogP contribution in [0.3, 0.4) is 0 Å². The van der Waals surface area contributed by atoms with Crippen molar-refractivity contribution in [3.8, 4) is 23.0 Å². The topological polar surface area (TPSA) is 114 Å². The molecule has 0 spiro atoms. The first-order chi connectivity index (χ1) is 22.4. The first-order valence-corrected chi connectivity index (χ1v) is 16.0. The molecular weight excluding hydrogens is 607 g/mol. The van der Waals surface area contributed by atoms with Gasteiger partial charge in [-0.05, 0) is 61.8 Å². The lowest BCUT2D eigenvalue weighted by atomic mass is 9.79. The fourth-order valence-electron chi connectivity index (χ4n) is 7.98. The summed E-state index contributed by atoms with van der Waals surface area (Å²) in [6.07, 6.45) is 5.88. The largest absolute Gasteiger partial charge is 0.453 e. The van der Waals surface area contributed by atoms with Gasteiger partial charge in [0.15, 0.2) is 11.6 Å². The number of aromatic nitrogens is 5. The van der Waals surface area contributed by atoms with E-state index in [9.17, 15) is 10.1 Å². The molecule has 6 heterocycles. The zero-order valence-corrected chi connectivity index (χ0v) is 26.3. The summed E-state index contributed by atoms with van der Waals surface area (Å²) in [5.41, 5.74) is 4.44. The molecule has 2 bridgehead atoms. The number of hydrogen-bond donors (Lipinski definition) is 1. The molecule has 4 aliphatic rings. The van der Waals surface area contributed by atoms with Gasteiger partial charge in [-0.1, -0.05) is 29.8 Å². The van der Waals surface area contributed by atoms with Gasteiger partial charge in [0.05, 0.1) is 35.8 Å². The number of ether oxygens (including phenoxy) is 1. The molecule has 3 aromatic heterocycles. The minimum absolute atomic E-state index is 0.123. The van der Waals surface area contributed by atoms with Crippen LogP contribution in [0.15, 0.2) is 43.0 Å². The Morgan fingerprint density at radius 3 is 2.87 bits per heavy atom. The monoisotopic (exact) mass is 638 g/mol. The van der Waals surface area contributed by atoms with Gasteiger partial charge in [-0.3, -0.25) is 4.90 Å². The fraction of sp³-hybridized carbons (Fsp3) is 0.382. The van der Waals surface area contributed by atoms with E-state index in [1.165, 1.54) is 13.4 Å². The number of halogens is 2. The van der Waals surface area contributed by atoms with Crippen LogP contribution >= 0.6 is 11.6 Å². The van der Waals surface area contributed by atoms with Gasteiger partial charge in [-0.15, -0.1) is 0 Å². The molecule has 4 atom stereocenters. The highest BCUT2D eigenvalue weighted by Gasteiger charge is 2.50. The maximum Gasteiger partial charge on any atom is 0.410 e. The second-order valence-corrected chi connectivity index (χ2v) is 12.9. The number of methoxy groups -OCH3 is 1. The number of hydrogen-bond acceptors (Lipinski definition) is 7. The van der Waals surface area contributed by atoms with Crippen LogP contribution in [-0.4, -0.2) is 61.5 Å². The Labute approximate surface area is 269 Å². The summed E-state index contributed by atoms with van der Waals surface area (Å²) >= 11 is 6.80. The molecule has 234 valence electrons. The van der Waals surface area contributed by atoms with E-state index in [1.807, 2.05) is 31.2 Å². The predicted molar refractivity (Wildman–Crippen MR) is 171 cm³/mol. The molecule has 1 amide bonds. The molecule has 12 heteroatoms. The van der Waals surface area contributed by atoms with E-state index >= 15 is 4.39 Å². The second kappa shape index (κ2) is 11.1. The molecular formula is C34H32ClFN8O2. The van der Waals surface area contributed by atoms with Crippen molar-refractivity contribution < 1.29 is 13.9 Å². The minimum atomic E-state index is -0.498. The number of pyridine rings is 1. The standard InChI is InChI=1S/C34H32ClFN8O2/c1-18-6-3-8-21(28(18)35)27-19(7-4-10-37)12-22-30(29(27)36)41-33(43-17-38-16-40-43)23-14-26(25-9-5-11-42(25)34(45)46-2)44(32(22)23)31-20-13-24(31)39-15-20/h3,6,8,12,14,16-17,20,24-25,31,39H,4-5,7,9,11,13,15H2,1-2H3/t20-,24-,25-,31+/m1/s1. The predicted octanol–water partition coefficient (Wildman–Crippen LogP) is 6.43. The van der Waals surface area contributed by atoms with Gasteiger partial charge >= 0.3 is 6.09 Å². The van der Waals surface area contributed by atoms with Crippen molar-refractivity contribution in [2.75, 3.05) is 20.2 Å². The Morgan fingerprint density at radius 2 is 2.15 bits per heavy atom. The van der Waals surface area contributed by atoms with Gasteiger partial charge in [0.25, 0.3) is 0 Å². The number of rotatable bonds is 6. The Hall–Kier alpha value is -4.53. The number of benzene rings is 2. The SMILES string of the molecule is COC(=O)N1CCC[C@@H]1c1cc2c(-n3cncn3)nc3c(F)c(-c4cccc(C)c4Cl)c(CCC#N)cc3c2n1[C@H]1[C@H]2CN[C@@H]1C2. The number of nitrogens with zero attached hydrogens (tertiary/aromatic N) is 7. The molecule has 4 fully saturated rings. The molecule has 5 aromatic rings. The summed E-state index contributed by atoms with van der Waals surface area (Å²) in [4.78, 5) is 23.9. The van der Waals surface area contributed by atoms with E-state index in [0.29, 0.717) is 51.8 Å². The average molecular weight is 639 g/mol. The Bertz CT molecular complexity index is 2060. The number of amides is 1. The van der Waals surface area contributed by atoms with Crippen LogP contribution in [0.1, 0.15) is 54.6 Å². The number of aryl methyl sites for hydroxylation is 2. The number of likely N-dealkylation sites (tertiary alicyclic amines) is 1. The third kappa shape index (κ3) is 4.23. The van der Waals surface area contributed by atoms with E-state index in [4.69, 9.17) is 21.3 Å². The number of carbonyl (C=O) groups excluding carboxylic acids is 1. The molecule has 1 saturated carbocycles. The van der Waals surface area contributed by atoms with Crippen LogP contribution in [0.4, 0.5) is 9.18 Å². The summed E-state index contributed by atoms with van der Waals surface area (Å²) < 4.78 is 26.4. The molecule has 3 aliphatic heterocycles. The Balaban J connectivity index is 1.50. The molecule has 10 nitrogen and oxygen atoms in total. The first-order valence-electron chi connectivity index (χ1n) is 15.7. The molecule has 1 aliphatic carbocycles. The minimum Gasteiger partial charge on any atom is -0.453 e. The number of nitrogens with one attached hydrogen (secondary N) is 1. The molecule has 9 rings (SSSR count). The van der Waals surface area contributed by atoms with Gasteiger partial charge in [-0.25, -0.2) is 23.8 Å². The van der Waals surface area contributed by atoms with E-state index < -0.39 is 5.82 Å². The van der Waals surface area contributed by atoms with Crippen molar-refractivity contribution in [1.29, 1.82) is 5.26 Å². The summed E-state index contributed by atoms with van der Waals surface area (Å²) in [5, 5.41) is 19.5. The molecule has 3 saturated heterocycles. The van der Waals surface area contributed by atoms with Crippen LogP contribution in [0.25, 0.3) is 38.8 Å². The molecule has 1 N–H and O–H groups in total. The Kier molecular flexibility index (Phi) is 6.96. The van der Waals surface area contributed by atoms with Crippen LogP contribution in [0.2, 0.25) is 5.02 Å². The summed E-state index contributed by atoms with van der Waals surface area (Å²) in [7, 11) is 1.41. The molecule has 46 heavy (non-hydrogen) atoms. The van der Waals surface area contributed by atoms with Crippen LogP contribution < -0.4 is 5.32 Å². The van der Waals surface area contributed by atoms with Gasteiger partial charge in [-0.2, -0.15) is 10.4 Å². The van der Waals surface area contributed by atoms with Gasteiger partial charge < -0.3 is 14.6 Å². The summed E-state index contributed by atoms with van der Waals surface area (Å²) in [6.45, 7) is 3.38. The molecule has 0 unspecified atom stereocenters. The maximum absolute atomic E-state index is 17.3. The van der Waals surface area contributed by atoms with Crippen LogP contribution in [0.5, 0.6) is 0 Å². The first kappa shape index (κ1) is 28.9. The number of carbonyl (C=O) groups is 1. The number of nitriles is 1. The van der Waals surface area contributed by atoms with Crippen LogP contribution in [0, 0.1) is 30.0 Å². The van der Waals surface area contributed by atoms with Crippen molar-refractivity contribution in [3.63, 3.8) is 0 Å². The van der Waals surface area contributed by atoms with Crippen molar-refractivity contribution in [3.05, 3.63) is 70.6 Å². The van der Waals surface area contributed by atoms with Crippen molar-refractivity contribution in [2.24, 2.45) is 5.92 Å². The Morgan fingerprint density at radius 1 is 1.28 bits per heavy atom. The third-order valence-corrected chi connectivity index (χ3v) is 10.6. The zero-order chi connectivity index (χ0) is 31.7. The quantitative estimate of drug-likeness (QED) is 0.228. The van der Waals surface area contributed by atoms with Crippen molar-refractivity contribution in [1.82, 2.24) is 34.5 Å². The van der Waals surface area contributed by atoms with E-state index in [2.05, 4.69) is 32.1 Å². The lowest BCUT2D eigenvalue weighted by Gasteiger charge is -2.39. The lowest BCUT2D eigenvalue weighted by molar-refractivity contribution is 0.116. The number of fused-ring (bicyclic) bond motifs is 4. The van der Waals surface area contributed by atoms with Gasteiger partial charge in [0, 0.05) is 53.1 Å². The normalized spacial score (nSPS) is 22.0. The van der Waals surface area contributed by atoms with Crippen molar-refractivity contribution in [2.45, 2.75) is 57.2 Å². The highest BCUT2D eigenvalue weighted by atomic mass is 35.5. The summed E-state index contributed by atoms with van der Waals surface area (Å²) in [5.74, 6) is 0.355. The lowest BCUT2D eigenvalue weighted by Crippen LogP contribution is -2.41. The van der Waals surface area contributed by atoms with Gasteiger partial charge in [0.1, 0.15) is 18.2 Å². The van der Waals surface area contributed by atoms with Crippen molar-refractivity contribution >= 4 is 39.5 Å². The fourth-order valence-corrected chi connectivity index (χ4v) is 8.20.